The van der Waals surface area contributed by atoms with Gasteiger partial charge in [0.05, 0.1) is 11.5 Å². The molecular formula is C29H25ClFNO4S. The molecule has 0 saturated heterocycles. The van der Waals surface area contributed by atoms with Gasteiger partial charge >= 0.3 is 5.97 Å². The van der Waals surface area contributed by atoms with Crippen LogP contribution in [-0.4, -0.2) is 25.0 Å². The Morgan fingerprint density at radius 3 is 2.62 bits per heavy atom. The minimum Gasteiger partial charge on any atom is -0.490 e. The second kappa shape index (κ2) is 10.9. The minimum atomic E-state index is -0.968. The van der Waals surface area contributed by atoms with Crippen LogP contribution in [0.25, 0.3) is 0 Å². The fourth-order valence-electron chi connectivity index (χ4n) is 5.00. The zero-order chi connectivity index (χ0) is 25.9. The number of dihydropyridines is 1. The summed E-state index contributed by atoms with van der Waals surface area (Å²) in [6.45, 7) is 1.88. The van der Waals surface area contributed by atoms with Crippen molar-refractivity contribution in [1.29, 1.82) is 0 Å². The number of ether oxygens (including phenoxy) is 2. The number of carbonyl (C=O) groups excluding carboxylic acids is 2. The molecule has 3 aromatic rings. The monoisotopic (exact) mass is 537 g/mol. The number of nitrogens with one attached hydrogen (secondary N) is 1. The molecule has 2 aliphatic rings. The lowest BCUT2D eigenvalue weighted by Crippen LogP contribution is -2.36. The summed E-state index contributed by atoms with van der Waals surface area (Å²) in [7, 11) is 0. The van der Waals surface area contributed by atoms with Gasteiger partial charge in [0.2, 0.25) is 0 Å². The number of allylic oxidation sites excluding steroid dienone is 3. The molecule has 8 heteroatoms. The van der Waals surface area contributed by atoms with E-state index in [9.17, 15) is 9.59 Å². The molecule has 1 aliphatic carbocycles. The van der Waals surface area contributed by atoms with E-state index in [0.29, 0.717) is 29.1 Å². The zero-order valence-electron chi connectivity index (χ0n) is 20.1. The van der Waals surface area contributed by atoms with Gasteiger partial charge in [-0.1, -0.05) is 41.9 Å². The van der Waals surface area contributed by atoms with E-state index in [1.54, 1.807) is 24.3 Å². The SMILES string of the molecule is CC1=C(C(=O)OCCOc2ccccc2)C(c2c(F)cccc2Cl)C2=C(CC(c3cccs3)CC2=O)N1. The summed E-state index contributed by atoms with van der Waals surface area (Å²) in [5.74, 6) is -1.65. The second-order valence-electron chi connectivity index (χ2n) is 8.97. The molecule has 1 aromatic heterocycles. The van der Waals surface area contributed by atoms with Crippen LogP contribution in [0.15, 0.2) is 88.6 Å². The Morgan fingerprint density at radius 2 is 1.89 bits per heavy atom. The Bertz CT molecular complexity index is 1360. The van der Waals surface area contributed by atoms with Crippen LogP contribution in [0.2, 0.25) is 5.02 Å². The number of benzene rings is 2. The maximum Gasteiger partial charge on any atom is 0.336 e. The van der Waals surface area contributed by atoms with E-state index in [2.05, 4.69) is 5.32 Å². The molecule has 5 rings (SSSR count). The molecule has 2 heterocycles. The maximum absolute atomic E-state index is 15.2. The highest BCUT2D eigenvalue weighted by Crippen LogP contribution is 2.48. The molecule has 2 atom stereocenters. The summed E-state index contributed by atoms with van der Waals surface area (Å²) >= 11 is 8.08. The van der Waals surface area contributed by atoms with E-state index in [0.717, 1.165) is 4.88 Å². The molecule has 190 valence electrons. The molecule has 5 nitrogen and oxygen atoms in total. The van der Waals surface area contributed by atoms with E-state index in [1.165, 1.54) is 12.1 Å². The molecule has 0 amide bonds. The quantitative estimate of drug-likeness (QED) is 0.274. The molecule has 2 unspecified atom stereocenters. The number of hydrogen-bond acceptors (Lipinski definition) is 6. The average Bonchev–Trinajstić information content (AvgIpc) is 3.42. The Morgan fingerprint density at radius 1 is 1.08 bits per heavy atom. The first-order chi connectivity index (χ1) is 17.9. The van der Waals surface area contributed by atoms with Gasteiger partial charge in [0.1, 0.15) is 24.8 Å². The van der Waals surface area contributed by atoms with Crippen molar-refractivity contribution in [3.05, 3.63) is 110 Å². The van der Waals surface area contributed by atoms with Gasteiger partial charge in [-0.2, -0.15) is 0 Å². The lowest BCUT2D eigenvalue weighted by molar-refractivity contribution is -0.140. The number of carbonyl (C=O) groups is 2. The fourth-order valence-corrected chi connectivity index (χ4v) is 6.10. The number of Topliss-reactive ketones (excluding diaryl/α,β-unsaturated/α-hetero) is 1. The van der Waals surface area contributed by atoms with E-state index >= 15 is 4.39 Å². The van der Waals surface area contributed by atoms with Crippen molar-refractivity contribution < 1.29 is 23.5 Å². The molecular weight excluding hydrogens is 513 g/mol. The van der Waals surface area contributed by atoms with Gasteiger partial charge in [-0.05, 0) is 49.1 Å². The first kappa shape index (κ1) is 25.2. The van der Waals surface area contributed by atoms with Crippen molar-refractivity contribution in [2.45, 2.75) is 31.6 Å². The largest absolute Gasteiger partial charge is 0.490 e. The van der Waals surface area contributed by atoms with Crippen LogP contribution in [0.5, 0.6) is 5.75 Å². The lowest BCUT2D eigenvalue weighted by Gasteiger charge is -2.36. The number of rotatable bonds is 7. The third-order valence-corrected chi connectivity index (χ3v) is 7.97. The Hall–Kier alpha value is -3.42. The minimum absolute atomic E-state index is 0.0114. The molecule has 0 radical (unpaired) electrons. The number of halogens is 2. The molecule has 1 N–H and O–H groups in total. The Kier molecular flexibility index (Phi) is 7.44. The summed E-state index contributed by atoms with van der Waals surface area (Å²) in [4.78, 5) is 28.1. The van der Waals surface area contributed by atoms with Crippen LogP contribution in [0, 0.1) is 5.82 Å². The number of thiophene rings is 1. The summed E-state index contributed by atoms with van der Waals surface area (Å²) in [5, 5.41) is 5.41. The van der Waals surface area contributed by atoms with E-state index < -0.39 is 17.7 Å². The highest BCUT2D eigenvalue weighted by molar-refractivity contribution is 7.10. The van der Waals surface area contributed by atoms with Crippen LogP contribution in [0.1, 0.15) is 42.0 Å². The number of hydrogen-bond donors (Lipinski definition) is 1. The van der Waals surface area contributed by atoms with E-state index in [1.807, 2.05) is 47.8 Å². The highest BCUT2D eigenvalue weighted by Gasteiger charge is 2.43. The van der Waals surface area contributed by atoms with Crippen LogP contribution in [0.3, 0.4) is 0 Å². The Labute approximate surface area is 223 Å². The third kappa shape index (κ3) is 5.20. The van der Waals surface area contributed by atoms with Crippen molar-refractivity contribution in [2.24, 2.45) is 0 Å². The smallest absolute Gasteiger partial charge is 0.336 e. The number of esters is 1. The topological polar surface area (TPSA) is 64.6 Å². The van der Waals surface area contributed by atoms with E-state index in [-0.39, 0.29) is 47.5 Å². The standard InChI is InChI=1S/C29H25ClFNO4S/c1-17-25(29(34)36-13-12-35-19-7-3-2-4-8-19)28(26-20(30)9-5-10-21(26)31)27-22(32-17)15-18(16-23(27)33)24-11-6-14-37-24/h2-11,14,18,28,32H,12-13,15-16H2,1H3. The summed E-state index contributed by atoms with van der Waals surface area (Å²) in [6, 6.07) is 17.5. The van der Waals surface area contributed by atoms with Crippen molar-refractivity contribution in [1.82, 2.24) is 5.32 Å². The third-order valence-electron chi connectivity index (χ3n) is 6.61. The van der Waals surface area contributed by atoms with Crippen LogP contribution in [-0.2, 0) is 14.3 Å². The van der Waals surface area contributed by atoms with Crippen molar-refractivity contribution >= 4 is 34.7 Å². The van der Waals surface area contributed by atoms with Crippen molar-refractivity contribution in [3.8, 4) is 5.75 Å². The first-order valence-electron chi connectivity index (χ1n) is 12.0. The maximum atomic E-state index is 15.2. The van der Waals surface area contributed by atoms with Crippen LogP contribution >= 0.6 is 22.9 Å². The summed E-state index contributed by atoms with van der Waals surface area (Å²) in [6.07, 6.45) is 0.852. The number of ketones is 1. The van der Waals surface area contributed by atoms with Gasteiger partial charge in [0, 0.05) is 44.8 Å². The molecule has 37 heavy (non-hydrogen) atoms. The molecule has 0 spiro atoms. The average molecular weight is 538 g/mol. The van der Waals surface area contributed by atoms with Crippen molar-refractivity contribution in [2.75, 3.05) is 13.2 Å². The normalized spacial score (nSPS) is 19.4. The number of para-hydroxylation sites is 1. The second-order valence-corrected chi connectivity index (χ2v) is 10.4. The molecule has 1 aliphatic heterocycles. The highest BCUT2D eigenvalue weighted by atomic mass is 35.5. The lowest BCUT2D eigenvalue weighted by atomic mass is 9.72. The van der Waals surface area contributed by atoms with Gasteiger partial charge in [-0.25, -0.2) is 9.18 Å². The van der Waals surface area contributed by atoms with Gasteiger partial charge in [0.15, 0.2) is 5.78 Å². The molecule has 2 aromatic carbocycles. The predicted molar refractivity (Wildman–Crippen MR) is 141 cm³/mol. The summed E-state index contributed by atoms with van der Waals surface area (Å²) in [5.41, 5.74) is 1.86. The van der Waals surface area contributed by atoms with Gasteiger partial charge in [-0.15, -0.1) is 11.3 Å². The van der Waals surface area contributed by atoms with Gasteiger partial charge in [0.25, 0.3) is 0 Å². The van der Waals surface area contributed by atoms with Gasteiger partial charge in [-0.3, -0.25) is 4.79 Å². The molecule has 0 bridgehead atoms. The Balaban J connectivity index is 1.45. The van der Waals surface area contributed by atoms with Crippen molar-refractivity contribution in [3.63, 3.8) is 0 Å². The van der Waals surface area contributed by atoms with E-state index in [4.69, 9.17) is 21.1 Å². The van der Waals surface area contributed by atoms with Crippen LogP contribution < -0.4 is 10.1 Å². The molecule has 0 saturated carbocycles. The zero-order valence-corrected chi connectivity index (χ0v) is 21.7. The predicted octanol–water partition coefficient (Wildman–Crippen LogP) is 6.52. The van der Waals surface area contributed by atoms with Gasteiger partial charge < -0.3 is 14.8 Å². The summed E-state index contributed by atoms with van der Waals surface area (Å²) < 4.78 is 26.4. The first-order valence-corrected chi connectivity index (χ1v) is 13.3. The fraction of sp³-hybridized carbons (Fsp3) is 0.241. The van der Waals surface area contributed by atoms with Crippen LogP contribution in [0.4, 0.5) is 4.39 Å². The molecule has 0 fully saturated rings.